The van der Waals surface area contributed by atoms with E-state index < -0.39 is 15.9 Å². The highest BCUT2D eigenvalue weighted by molar-refractivity contribution is 7.92. The number of nitrogens with zero attached hydrogens (tertiary/aromatic N) is 1. The van der Waals surface area contributed by atoms with E-state index in [0.717, 1.165) is 11.1 Å². The zero-order chi connectivity index (χ0) is 20.9. The molecule has 0 aliphatic carbocycles. The molecule has 0 unspecified atom stereocenters. The van der Waals surface area contributed by atoms with Gasteiger partial charge in [0.1, 0.15) is 10.6 Å². The maximum absolute atomic E-state index is 12.9. The van der Waals surface area contributed by atoms with Crippen LogP contribution < -0.4 is 14.8 Å². The third-order valence-electron chi connectivity index (χ3n) is 4.16. The Morgan fingerprint density at radius 1 is 1.07 bits per heavy atom. The number of carbonyl (C=O) groups excluding carboxylic acids is 1. The second-order valence-electron chi connectivity index (χ2n) is 6.38. The number of carbonyl (C=O) groups is 1. The number of sulfonamides is 1. The molecule has 0 aliphatic heterocycles. The van der Waals surface area contributed by atoms with Gasteiger partial charge in [-0.1, -0.05) is 24.3 Å². The molecule has 0 aliphatic rings. The summed E-state index contributed by atoms with van der Waals surface area (Å²) >= 11 is 0. The number of nitrogens with one attached hydrogen (secondary N) is 2. The Labute approximate surface area is 169 Å². The monoisotopic (exact) mass is 411 g/mol. The van der Waals surface area contributed by atoms with Crippen LogP contribution in [0, 0.1) is 6.92 Å². The first-order chi connectivity index (χ1) is 13.9. The van der Waals surface area contributed by atoms with Gasteiger partial charge < -0.3 is 10.1 Å². The molecule has 29 heavy (non-hydrogen) atoms. The van der Waals surface area contributed by atoms with E-state index in [0.29, 0.717) is 11.4 Å². The van der Waals surface area contributed by atoms with Crippen molar-refractivity contribution in [1.82, 2.24) is 10.3 Å². The lowest BCUT2D eigenvalue weighted by atomic mass is 10.2. The fourth-order valence-electron chi connectivity index (χ4n) is 2.73. The van der Waals surface area contributed by atoms with Crippen LogP contribution in [-0.4, -0.2) is 26.4 Å². The Morgan fingerprint density at radius 2 is 1.79 bits per heavy atom. The van der Waals surface area contributed by atoms with Crippen molar-refractivity contribution in [3.05, 3.63) is 83.7 Å². The van der Waals surface area contributed by atoms with E-state index in [2.05, 4.69) is 15.0 Å². The van der Waals surface area contributed by atoms with Crippen LogP contribution in [0.25, 0.3) is 0 Å². The number of aromatic nitrogens is 1. The van der Waals surface area contributed by atoms with Gasteiger partial charge in [0.05, 0.1) is 24.6 Å². The van der Waals surface area contributed by atoms with Crippen LogP contribution in [0.15, 0.2) is 71.9 Å². The van der Waals surface area contributed by atoms with Crippen LogP contribution in [-0.2, 0) is 16.6 Å². The first kappa shape index (κ1) is 20.3. The van der Waals surface area contributed by atoms with E-state index in [1.165, 1.54) is 18.3 Å². The van der Waals surface area contributed by atoms with Crippen molar-refractivity contribution in [1.29, 1.82) is 0 Å². The van der Waals surface area contributed by atoms with Gasteiger partial charge in [-0.2, -0.15) is 0 Å². The summed E-state index contributed by atoms with van der Waals surface area (Å²) in [6.45, 7) is 2.07. The maximum atomic E-state index is 12.9. The second kappa shape index (κ2) is 8.74. The van der Waals surface area contributed by atoms with Gasteiger partial charge >= 0.3 is 0 Å². The van der Waals surface area contributed by atoms with Gasteiger partial charge in [0, 0.05) is 12.7 Å². The molecule has 150 valence electrons. The number of amides is 1. The minimum Gasteiger partial charge on any atom is -0.497 e. The lowest BCUT2D eigenvalue weighted by Gasteiger charge is -2.13. The predicted octanol–water partition coefficient (Wildman–Crippen LogP) is 3.13. The van der Waals surface area contributed by atoms with Crippen molar-refractivity contribution in [2.45, 2.75) is 18.4 Å². The molecule has 1 heterocycles. The maximum Gasteiger partial charge on any atom is 0.262 e. The highest BCUT2D eigenvalue weighted by Crippen LogP contribution is 2.20. The van der Waals surface area contributed by atoms with Crippen molar-refractivity contribution in [3.8, 4) is 5.75 Å². The number of ether oxygens (including phenoxy) is 1. The molecule has 7 nitrogen and oxygen atoms in total. The third-order valence-corrected chi connectivity index (χ3v) is 5.60. The van der Waals surface area contributed by atoms with Crippen molar-refractivity contribution in [3.63, 3.8) is 0 Å². The predicted molar refractivity (Wildman–Crippen MR) is 110 cm³/mol. The number of methoxy groups -OCH3 is 1. The van der Waals surface area contributed by atoms with Crippen LogP contribution in [0.5, 0.6) is 5.75 Å². The molecule has 0 radical (unpaired) electrons. The molecule has 0 spiro atoms. The Bertz CT molecular complexity index is 1110. The minimum atomic E-state index is -3.97. The Balaban J connectivity index is 1.79. The molecule has 1 aromatic heterocycles. The summed E-state index contributed by atoms with van der Waals surface area (Å²) in [4.78, 5) is 16.6. The number of anilines is 1. The molecule has 3 rings (SSSR count). The number of pyridine rings is 1. The van der Waals surface area contributed by atoms with E-state index in [-0.39, 0.29) is 17.0 Å². The lowest BCUT2D eigenvalue weighted by Crippen LogP contribution is -2.26. The topological polar surface area (TPSA) is 97.4 Å². The molecule has 0 saturated heterocycles. The molecule has 0 atom stereocenters. The van der Waals surface area contributed by atoms with Gasteiger partial charge in [-0.3, -0.25) is 14.5 Å². The first-order valence-electron chi connectivity index (χ1n) is 8.84. The molecular formula is C21H21N3O4S. The van der Waals surface area contributed by atoms with E-state index in [9.17, 15) is 13.2 Å². The highest BCUT2D eigenvalue weighted by Gasteiger charge is 2.22. The highest BCUT2D eigenvalue weighted by atomic mass is 32.2. The normalized spacial score (nSPS) is 11.0. The molecule has 3 aromatic rings. The van der Waals surface area contributed by atoms with E-state index >= 15 is 0 Å². The number of benzene rings is 2. The number of hydrogen-bond acceptors (Lipinski definition) is 5. The van der Waals surface area contributed by atoms with Crippen molar-refractivity contribution in [2.24, 2.45) is 0 Å². The van der Waals surface area contributed by atoms with Crippen LogP contribution in [0.3, 0.4) is 0 Å². The number of rotatable bonds is 7. The summed E-state index contributed by atoms with van der Waals surface area (Å²) in [5.74, 6) is 0.234. The zero-order valence-electron chi connectivity index (χ0n) is 16.0. The van der Waals surface area contributed by atoms with Gasteiger partial charge in [0.2, 0.25) is 0 Å². The minimum absolute atomic E-state index is 0.0640. The average Bonchev–Trinajstić information content (AvgIpc) is 2.72. The van der Waals surface area contributed by atoms with Gasteiger partial charge in [0.15, 0.2) is 0 Å². The fourth-order valence-corrected chi connectivity index (χ4v) is 3.97. The standard InChI is InChI=1S/C21H21N3O4S/c1-15-11-17(14-22-12-15)24-29(26,27)20-6-4-3-5-19(20)21(25)23-13-16-7-9-18(28-2)10-8-16/h3-12,14,24H,13H2,1-2H3,(H,23,25). The van der Waals surface area contributed by atoms with Gasteiger partial charge in [-0.05, 0) is 48.4 Å². The fraction of sp³-hybridized carbons (Fsp3) is 0.143. The summed E-state index contributed by atoms with van der Waals surface area (Å²) in [5.41, 5.74) is 2.08. The number of aryl methyl sites for hydroxylation is 1. The Morgan fingerprint density at radius 3 is 2.48 bits per heavy atom. The summed E-state index contributed by atoms with van der Waals surface area (Å²) in [5, 5.41) is 2.75. The van der Waals surface area contributed by atoms with Crippen molar-refractivity contribution >= 4 is 21.6 Å². The van der Waals surface area contributed by atoms with Crippen LogP contribution in [0.2, 0.25) is 0 Å². The molecule has 0 bridgehead atoms. The van der Waals surface area contributed by atoms with Crippen molar-refractivity contribution < 1.29 is 17.9 Å². The van der Waals surface area contributed by atoms with Crippen LogP contribution in [0.4, 0.5) is 5.69 Å². The smallest absolute Gasteiger partial charge is 0.262 e. The molecule has 2 aromatic carbocycles. The second-order valence-corrected chi connectivity index (χ2v) is 8.03. The molecule has 0 saturated carbocycles. The first-order valence-corrected chi connectivity index (χ1v) is 10.3. The Kier molecular flexibility index (Phi) is 6.13. The molecular weight excluding hydrogens is 390 g/mol. The van der Waals surface area contributed by atoms with Crippen LogP contribution >= 0.6 is 0 Å². The van der Waals surface area contributed by atoms with E-state index in [1.807, 2.05) is 19.1 Å². The quantitative estimate of drug-likeness (QED) is 0.623. The zero-order valence-corrected chi connectivity index (χ0v) is 16.9. The van der Waals surface area contributed by atoms with Gasteiger partial charge in [-0.15, -0.1) is 0 Å². The Hall–Kier alpha value is -3.39. The lowest BCUT2D eigenvalue weighted by molar-refractivity contribution is 0.0947. The summed E-state index contributed by atoms with van der Waals surface area (Å²) in [6.07, 6.45) is 3.04. The molecule has 1 amide bonds. The molecule has 2 N–H and O–H groups in total. The molecule has 0 fully saturated rings. The van der Waals surface area contributed by atoms with Crippen LogP contribution in [0.1, 0.15) is 21.5 Å². The summed E-state index contributed by atoms with van der Waals surface area (Å²) < 4.78 is 33.3. The average molecular weight is 411 g/mol. The van der Waals surface area contributed by atoms with Gasteiger partial charge in [-0.25, -0.2) is 8.42 Å². The number of hydrogen-bond donors (Lipinski definition) is 2. The van der Waals surface area contributed by atoms with E-state index in [4.69, 9.17) is 4.74 Å². The SMILES string of the molecule is COc1ccc(CNC(=O)c2ccccc2S(=O)(=O)Nc2cncc(C)c2)cc1. The summed E-state index contributed by atoms with van der Waals surface area (Å²) in [6, 6.07) is 15.0. The van der Waals surface area contributed by atoms with E-state index in [1.54, 1.807) is 43.6 Å². The largest absolute Gasteiger partial charge is 0.497 e. The summed E-state index contributed by atoms with van der Waals surface area (Å²) in [7, 11) is -2.39. The van der Waals surface area contributed by atoms with Crippen molar-refractivity contribution in [2.75, 3.05) is 11.8 Å². The third kappa shape index (κ3) is 5.11. The van der Waals surface area contributed by atoms with Gasteiger partial charge in [0.25, 0.3) is 15.9 Å². The molecule has 8 heteroatoms.